The number of benzene rings is 2. The lowest BCUT2D eigenvalue weighted by Gasteiger charge is -2.38. The number of ether oxygens (including phenoxy) is 2. The van der Waals surface area contributed by atoms with Gasteiger partial charge >= 0.3 is 12.3 Å². The average molecular weight is 778 g/mol. The molecule has 292 valence electrons. The molecule has 2 aromatic carbocycles. The first-order valence-corrected chi connectivity index (χ1v) is 19.2. The number of anilines is 1. The van der Waals surface area contributed by atoms with Crippen molar-refractivity contribution in [2.75, 3.05) is 38.4 Å². The van der Waals surface area contributed by atoms with Crippen LogP contribution in [0.5, 0.6) is 0 Å². The van der Waals surface area contributed by atoms with Crippen molar-refractivity contribution >= 4 is 40.4 Å². The lowest BCUT2D eigenvalue weighted by atomic mass is 9.74. The first kappa shape index (κ1) is 43.6. The van der Waals surface area contributed by atoms with Gasteiger partial charge in [-0.3, -0.25) is 9.00 Å². The molecular formula is C36H50ClF4N4O6S-. The van der Waals surface area contributed by atoms with Crippen LogP contribution in [0.1, 0.15) is 75.3 Å². The molecule has 1 aliphatic rings. The van der Waals surface area contributed by atoms with Crippen molar-refractivity contribution in [2.24, 2.45) is 5.92 Å². The van der Waals surface area contributed by atoms with Crippen LogP contribution in [0.3, 0.4) is 0 Å². The fraction of sp³-hybridized carbons (Fsp3) is 0.611. The Labute approximate surface area is 310 Å². The Bertz CT molecular complexity index is 1440. The van der Waals surface area contributed by atoms with Crippen LogP contribution >= 0.6 is 11.6 Å². The fourth-order valence-electron chi connectivity index (χ4n) is 6.82. The molecule has 0 saturated carbocycles. The zero-order chi connectivity index (χ0) is 38.3. The molecule has 52 heavy (non-hydrogen) atoms. The lowest BCUT2D eigenvalue weighted by Crippen LogP contribution is -2.50. The van der Waals surface area contributed by atoms with Gasteiger partial charge in [-0.05, 0) is 87.7 Å². The van der Waals surface area contributed by atoms with E-state index in [1.165, 1.54) is 12.1 Å². The normalized spacial score (nSPS) is 19.2. The SMILES string of the molecule is CCCC(CCc1c(F)cccc1NC(=O)[C@@H](NC(=O)OC)[C@@H](c1ccc(Cl)cc1)C1CCOC(CC(F)(F)F)C1)NCC(CCCS(=O)[O-])NC. The van der Waals surface area contributed by atoms with Crippen molar-refractivity contribution in [1.82, 2.24) is 16.0 Å². The Morgan fingerprint density at radius 3 is 2.48 bits per heavy atom. The Hall–Kier alpha value is -2.82. The van der Waals surface area contributed by atoms with Crippen LogP contribution < -0.4 is 21.3 Å². The molecule has 0 radical (unpaired) electrons. The Morgan fingerprint density at radius 2 is 1.85 bits per heavy atom. The summed E-state index contributed by atoms with van der Waals surface area (Å²) in [5.74, 6) is -2.48. The van der Waals surface area contributed by atoms with Gasteiger partial charge in [-0.2, -0.15) is 13.2 Å². The molecule has 1 saturated heterocycles. The molecule has 5 unspecified atom stereocenters. The molecule has 1 aliphatic heterocycles. The van der Waals surface area contributed by atoms with Crippen molar-refractivity contribution < 1.29 is 45.4 Å². The number of amides is 2. The van der Waals surface area contributed by atoms with E-state index in [0.717, 1.165) is 20.0 Å². The average Bonchev–Trinajstić information content (AvgIpc) is 3.09. The first-order chi connectivity index (χ1) is 24.7. The molecule has 1 fully saturated rings. The molecule has 0 bridgehead atoms. The van der Waals surface area contributed by atoms with Gasteiger partial charge in [-0.15, -0.1) is 0 Å². The van der Waals surface area contributed by atoms with E-state index in [2.05, 4.69) is 21.3 Å². The second-order valence-corrected chi connectivity index (χ2v) is 14.6. The summed E-state index contributed by atoms with van der Waals surface area (Å²) in [7, 11) is 2.95. The highest BCUT2D eigenvalue weighted by Crippen LogP contribution is 2.40. The van der Waals surface area contributed by atoms with E-state index in [1.807, 2.05) is 14.0 Å². The molecule has 10 nitrogen and oxygen atoms in total. The molecule has 4 N–H and O–H groups in total. The molecular weight excluding hydrogens is 728 g/mol. The summed E-state index contributed by atoms with van der Waals surface area (Å²) >= 11 is 4.06. The van der Waals surface area contributed by atoms with E-state index >= 15 is 4.39 Å². The van der Waals surface area contributed by atoms with Crippen molar-refractivity contribution in [3.05, 3.63) is 64.4 Å². The number of halogens is 5. The van der Waals surface area contributed by atoms with Gasteiger partial charge in [0.2, 0.25) is 5.91 Å². The predicted molar refractivity (Wildman–Crippen MR) is 193 cm³/mol. The van der Waals surface area contributed by atoms with E-state index in [9.17, 15) is 31.5 Å². The maximum Gasteiger partial charge on any atom is 0.407 e. The van der Waals surface area contributed by atoms with Gasteiger partial charge in [0.1, 0.15) is 11.9 Å². The highest BCUT2D eigenvalue weighted by atomic mass is 35.5. The summed E-state index contributed by atoms with van der Waals surface area (Å²) in [6.45, 7) is 2.65. The maximum absolute atomic E-state index is 15.5. The molecule has 0 aliphatic carbocycles. The Morgan fingerprint density at radius 1 is 1.12 bits per heavy atom. The molecule has 0 aromatic heterocycles. The Balaban J connectivity index is 1.87. The maximum atomic E-state index is 15.5. The minimum Gasteiger partial charge on any atom is -0.772 e. The summed E-state index contributed by atoms with van der Waals surface area (Å²) in [6.07, 6.45) is -3.76. The van der Waals surface area contributed by atoms with Crippen molar-refractivity contribution in [2.45, 2.75) is 101 Å². The van der Waals surface area contributed by atoms with Gasteiger partial charge < -0.3 is 35.3 Å². The van der Waals surface area contributed by atoms with E-state index in [1.54, 1.807) is 30.3 Å². The first-order valence-electron chi connectivity index (χ1n) is 17.6. The number of hydrogen-bond acceptors (Lipinski definition) is 8. The van der Waals surface area contributed by atoms with Gasteiger partial charge in [0.15, 0.2) is 0 Å². The number of hydrogen-bond donors (Lipinski definition) is 4. The van der Waals surface area contributed by atoms with Crippen LogP contribution in [0.2, 0.25) is 5.02 Å². The topological polar surface area (TPSA) is 141 Å². The van der Waals surface area contributed by atoms with E-state index in [4.69, 9.17) is 21.1 Å². The van der Waals surface area contributed by atoms with E-state index < -0.39 is 65.5 Å². The molecule has 1 heterocycles. The second-order valence-electron chi connectivity index (χ2n) is 13.1. The summed E-state index contributed by atoms with van der Waals surface area (Å²) in [6, 6.07) is 9.57. The summed E-state index contributed by atoms with van der Waals surface area (Å²) in [5, 5.41) is 12.5. The molecule has 16 heteroatoms. The molecule has 3 rings (SSSR count). The van der Waals surface area contributed by atoms with E-state index in [0.29, 0.717) is 42.8 Å². The number of carbonyl (C=O) groups is 2. The third-order valence-electron chi connectivity index (χ3n) is 9.41. The van der Waals surface area contributed by atoms with Gasteiger partial charge in [-0.1, -0.05) is 54.2 Å². The third-order valence-corrected chi connectivity index (χ3v) is 10.3. The number of alkyl carbamates (subject to hydrolysis) is 1. The highest BCUT2D eigenvalue weighted by molar-refractivity contribution is 7.79. The van der Waals surface area contributed by atoms with Gasteiger partial charge in [0, 0.05) is 53.2 Å². The van der Waals surface area contributed by atoms with Crippen LogP contribution in [-0.2, 0) is 31.8 Å². The minimum absolute atomic E-state index is 0.00108. The lowest BCUT2D eigenvalue weighted by molar-refractivity contribution is -0.169. The van der Waals surface area contributed by atoms with Crippen molar-refractivity contribution in [3.8, 4) is 0 Å². The summed E-state index contributed by atoms with van der Waals surface area (Å²) in [4.78, 5) is 26.9. The smallest absolute Gasteiger partial charge is 0.407 e. The summed E-state index contributed by atoms with van der Waals surface area (Å²) < 4.78 is 87.8. The number of alkyl halides is 3. The largest absolute Gasteiger partial charge is 0.772 e. The molecule has 2 aromatic rings. The van der Waals surface area contributed by atoms with Crippen LogP contribution in [0.15, 0.2) is 42.5 Å². The Kier molecular flexibility index (Phi) is 18.3. The van der Waals surface area contributed by atoms with Gasteiger partial charge in [-0.25, -0.2) is 9.18 Å². The predicted octanol–water partition coefficient (Wildman–Crippen LogP) is 6.61. The van der Waals surface area contributed by atoms with Crippen LogP contribution in [0.4, 0.5) is 28.0 Å². The molecule has 2 amide bonds. The number of methoxy groups -OCH3 is 1. The van der Waals surface area contributed by atoms with Gasteiger partial charge in [0.25, 0.3) is 0 Å². The monoisotopic (exact) mass is 777 g/mol. The standard InChI is InChI=1S/C36H51ClF4N4O6S/c1-4-7-26(43-22-27(42-2)8-6-19-52(48)49)15-16-29-30(38)9-5-10-31(29)44-34(46)33(45-35(47)50-3)32(23-11-13-25(37)14-12-23)24-17-18-51-28(20-24)21-36(39,40)41/h5,9-14,24,26-28,32-33,42-43H,4,6-8,15-22H2,1-3H3,(H,44,46)(H,45,47)(H,48,49)/p-1/t24?,26?,27?,28?,32-,33-/m0/s1. The van der Waals surface area contributed by atoms with Crippen LogP contribution in [0, 0.1) is 11.7 Å². The van der Waals surface area contributed by atoms with Gasteiger partial charge in [0.05, 0.1) is 19.6 Å². The van der Waals surface area contributed by atoms with Crippen molar-refractivity contribution in [3.63, 3.8) is 0 Å². The van der Waals surface area contributed by atoms with Crippen LogP contribution in [0.25, 0.3) is 0 Å². The van der Waals surface area contributed by atoms with Crippen LogP contribution in [-0.4, -0.2) is 84.2 Å². The quantitative estimate of drug-likeness (QED) is 0.0870. The summed E-state index contributed by atoms with van der Waals surface area (Å²) in [5.41, 5.74) is 1.03. The second kappa shape index (κ2) is 21.8. The van der Waals surface area contributed by atoms with E-state index in [-0.39, 0.29) is 48.5 Å². The molecule has 0 spiro atoms. The molecule has 7 atom stereocenters. The number of carbonyl (C=O) groups excluding carboxylic acids is 2. The zero-order valence-electron chi connectivity index (χ0n) is 29.7. The minimum atomic E-state index is -4.46. The number of likely N-dealkylation sites (N-methyl/N-ethyl adjacent to an activating group) is 1. The number of rotatable bonds is 20. The number of nitrogens with one attached hydrogen (secondary N) is 4. The zero-order valence-corrected chi connectivity index (χ0v) is 31.3. The fourth-order valence-corrected chi connectivity index (χ4v) is 7.35. The third kappa shape index (κ3) is 14.5. The highest BCUT2D eigenvalue weighted by Gasteiger charge is 2.42. The van der Waals surface area contributed by atoms with Crippen molar-refractivity contribution in [1.29, 1.82) is 0 Å².